The molecule has 1 N–H and O–H groups in total. The Morgan fingerprint density at radius 3 is 2.62 bits per heavy atom. The van der Waals surface area contributed by atoms with Gasteiger partial charge in [0.05, 0.1) is 5.69 Å². The van der Waals surface area contributed by atoms with Gasteiger partial charge in [0, 0.05) is 62.8 Å². The minimum absolute atomic E-state index is 0.444. The molecule has 4 heteroatoms. The van der Waals surface area contributed by atoms with Crippen molar-refractivity contribution in [1.82, 2.24) is 9.88 Å². The van der Waals surface area contributed by atoms with E-state index < -0.39 is 0 Å². The molecule has 26 heavy (non-hydrogen) atoms. The summed E-state index contributed by atoms with van der Waals surface area (Å²) in [4.78, 5) is 9.53. The standard InChI is InChI=1S/C22H28N4/c1-2-6-21(7-3-1)26-16-22(17-26)15-25(13-18-8-9-18)14-19(22)11-24-20-5-4-10-23-12-20/h1-7,10,12,18-19,24H,8-9,11,13-17H2. The van der Waals surface area contributed by atoms with Gasteiger partial charge in [0.25, 0.3) is 0 Å². The Hall–Kier alpha value is -2.07. The monoisotopic (exact) mass is 348 g/mol. The van der Waals surface area contributed by atoms with Gasteiger partial charge in [0.2, 0.25) is 0 Å². The molecule has 1 unspecified atom stereocenters. The van der Waals surface area contributed by atoms with Crippen LogP contribution in [-0.2, 0) is 0 Å². The molecule has 5 rings (SSSR count). The zero-order valence-corrected chi connectivity index (χ0v) is 15.3. The summed E-state index contributed by atoms with van der Waals surface area (Å²) in [5, 5.41) is 3.65. The fourth-order valence-corrected chi connectivity index (χ4v) is 4.83. The highest BCUT2D eigenvalue weighted by molar-refractivity contribution is 5.50. The summed E-state index contributed by atoms with van der Waals surface area (Å²) in [6.45, 7) is 7.26. The smallest absolute Gasteiger partial charge is 0.0526 e. The van der Waals surface area contributed by atoms with Gasteiger partial charge in [-0.05, 0) is 48.9 Å². The second-order valence-electron chi connectivity index (χ2n) is 8.51. The number of nitrogens with one attached hydrogen (secondary N) is 1. The maximum atomic E-state index is 4.23. The third-order valence-electron chi connectivity index (χ3n) is 6.44. The van der Waals surface area contributed by atoms with Gasteiger partial charge >= 0.3 is 0 Å². The predicted molar refractivity (Wildman–Crippen MR) is 106 cm³/mol. The van der Waals surface area contributed by atoms with Crippen molar-refractivity contribution < 1.29 is 0 Å². The number of likely N-dealkylation sites (tertiary alicyclic amines) is 1. The Bertz CT molecular complexity index is 722. The Labute approximate surface area is 156 Å². The molecule has 2 aliphatic heterocycles. The van der Waals surface area contributed by atoms with E-state index in [4.69, 9.17) is 0 Å². The molecule has 0 bridgehead atoms. The van der Waals surface area contributed by atoms with Gasteiger partial charge in [-0.2, -0.15) is 0 Å². The molecular weight excluding hydrogens is 320 g/mol. The van der Waals surface area contributed by atoms with Crippen LogP contribution in [-0.4, -0.2) is 49.2 Å². The van der Waals surface area contributed by atoms with Crippen molar-refractivity contribution >= 4 is 11.4 Å². The molecule has 2 aromatic rings. The van der Waals surface area contributed by atoms with Crippen LogP contribution in [0.3, 0.4) is 0 Å². The van der Waals surface area contributed by atoms with E-state index >= 15 is 0 Å². The molecular formula is C22H28N4. The van der Waals surface area contributed by atoms with Crippen molar-refractivity contribution in [1.29, 1.82) is 0 Å². The van der Waals surface area contributed by atoms with Crippen molar-refractivity contribution in [2.24, 2.45) is 17.3 Å². The lowest BCUT2D eigenvalue weighted by molar-refractivity contribution is 0.162. The summed E-state index contributed by atoms with van der Waals surface area (Å²) in [6.07, 6.45) is 6.65. The summed E-state index contributed by atoms with van der Waals surface area (Å²) in [7, 11) is 0. The average Bonchev–Trinajstić information content (AvgIpc) is 3.39. The van der Waals surface area contributed by atoms with E-state index in [1.54, 1.807) is 0 Å². The van der Waals surface area contributed by atoms with Crippen LogP contribution in [0.1, 0.15) is 12.8 Å². The second-order valence-corrected chi connectivity index (χ2v) is 8.51. The van der Waals surface area contributed by atoms with Crippen molar-refractivity contribution in [3.63, 3.8) is 0 Å². The number of pyridine rings is 1. The molecule has 1 aromatic heterocycles. The SMILES string of the molecule is c1ccc(N2CC3(CN(CC4CC4)CC3CNc3cccnc3)C2)cc1. The number of hydrogen-bond donors (Lipinski definition) is 1. The topological polar surface area (TPSA) is 31.4 Å². The van der Waals surface area contributed by atoms with E-state index in [2.05, 4.69) is 56.5 Å². The van der Waals surface area contributed by atoms with Crippen molar-refractivity contribution in [2.75, 3.05) is 49.5 Å². The van der Waals surface area contributed by atoms with Crippen molar-refractivity contribution in [3.05, 3.63) is 54.9 Å². The van der Waals surface area contributed by atoms with Crippen molar-refractivity contribution in [3.8, 4) is 0 Å². The summed E-state index contributed by atoms with van der Waals surface area (Å²) >= 11 is 0. The Balaban J connectivity index is 1.27. The number of anilines is 2. The molecule has 3 fully saturated rings. The van der Waals surface area contributed by atoms with Gasteiger partial charge in [-0.3, -0.25) is 4.98 Å². The van der Waals surface area contributed by atoms with Gasteiger partial charge in [-0.25, -0.2) is 0 Å². The minimum Gasteiger partial charge on any atom is -0.383 e. The highest BCUT2D eigenvalue weighted by Gasteiger charge is 2.54. The molecule has 1 saturated carbocycles. The van der Waals surface area contributed by atoms with Crippen LogP contribution in [0.15, 0.2) is 54.9 Å². The first-order valence-corrected chi connectivity index (χ1v) is 9.97. The highest BCUT2D eigenvalue weighted by atomic mass is 15.3. The molecule has 2 saturated heterocycles. The predicted octanol–water partition coefficient (Wildman–Crippen LogP) is 3.34. The van der Waals surface area contributed by atoms with Crippen LogP contribution >= 0.6 is 0 Å². The quantitative estimate of drug-likeness (QED) is 0.868. The largest absolute Gasteiger partial charge is 0.383 e. The van der Waals surface area contributed by atoms with Crippen LogP contribution < -0.4 is 10.2 Å². The lowest BCUT2D eigenvalue weighted by atomic mass is 9.71. The molecule has 3 aliphatic rings. The summed E-state index contributed by atoms with van der Waals surface area (Å²) in [6, 6.07) is 15.0. The van der Waals surface area contributed by atoms with E-state index in [-0.39, 0.29) is 0 Å². The van der Waals surface area contributed by atoms with Crippen LogP contribution in [0.5, 0.6) is 0 Å². The molecule has 136 valence electrons. The van der Waals surface area contributed by atoms with E-state index in [1.807, 2.05) is 18.5 Å². The third kappa shape index (κ3) is 3.18. The van der Waals surface area contributed by atoms with E-state index in [1.165, 1.54) is 51.3 Å². The Kier molecular flexibility index (Phi) is 4.08. The number of rotatable bonds is 6. The van der Waals surface area contributed by atoms with E-state index in [0.717, 1.165) is 18.2 Å². The number of hydrogen-bond acceptors (Lipinski definition) is 4. The van der Waals surface area contributed by atoms with Gasteiger partial charge in [-0.15, -0.1) is 0 Å². The molecule has 0 amide bonds. The second kappa shape index (κ2) is 6.58. The molecule has 3 heterocycles. The number of benzene rings is 1. The zero-order valence-electron chi connectivity index (χ0n) is 15.3. The van der Waals surface area contributed by atoms with E-state index in [0.29, 0.717) is 11.3 Å². The molecule has 1 spiro atoms. The molecule has 1 aromatic carbocycles. The van der Waals surface area contributed by atoms with Gasteiger partial charge in [0.15, 0.2) is 0 Å². The van der Waals surface area contributed by atoms with E-state index in [9.17, 15) is 0 Å². The number of para-hydroxylation sites is 1. The summed E-state index contributed by atoms with van der Waals surface area (Å²) in [5.74, 6) is 1.68. The van der Waals surface area contributed by atoms with Crippen LogP contribution in [0.2, 0.25) is 0 Å². The Morgan fingerprint density at radius 1 is 1.04 bits per heavy atom. The average molecular weight is 348 g/mol. The fraction of sp³-hybridized carbons (Fsp3) is 0.500. The first-order chi connectivity index (χ1) is 12.8. The normalized spacial score (nSPS) is 24.6. The van der Waals surface area contributed by atoms with Gasteiger partial charge in [-0.1, -0.05) is 18.2 Å². The molecule has 0 radical (unpaired) electrons. The number of aromatic nitrogens is 1. The zero-order chi connectivity index (χ0) is 17.4. The third-order valence-corrected chi connectivity index (χ3v) is 6.44. The molecule has 1 aliphatic carbocycles. The number of nitrogens with zero attached hydrogens (tertiary/aromatic N) is 3. The molecule has 4 nitrogen and oxygen atoms in total. The maximum absolute atomic E-state index is 4.23. The minimum atomic E-state index is 0.444. The van der Waals surface area contributed by atoms with Crippen molar-refractivity contribution in [2.45, 2.75) is 12.8 Å². The van der Waals surface area contributed by atoms with Gasteiger partial charge in [0.1, 0.15) is 0 Å². The van der Waals surface area contributed by atoms with Crippen LogP contribution in [0, 0.1) is 17.3 Å². The first-order valence-electron chi connectivity index (χ1n) is 9.97. The lowest BCUT2D eigenvalue weighted by Crippen LogP contribution is -2.61. The maximum Gasteiger partial charge on any atom is 0.0526 e. The summed E-state index contributed by atoms with van der Waals surface area (Å²) in [5.41, 5.74) is 2.96. The lowest BCUT2D eigenvalue weighted by Gasteiger charge is -2.52. The highest BCUT2D eigenvalue weighted by Crippen LogP contribution is 2.46. The first kappa shape index (κ1) is 16.1. The molecule has 1 atom stereocenters. The fourth-order valence-electron chi connectivity index (χ4n) is 4.83. The van der Waals surface area contributed by atoms with Gasteiger partial charge < -0.3 is 15.1 Å². The van der Waals surface area contributed by atoms with Crippen LogP contribution in [0.4, 0.5) is 11.4 Å². The van der Waals surface area contributed by atoms with Crippen LogP contribution in [0.25, 0.3) is 0 Å². The summed E-state index contributed by atoms with van der Waals surface area (Å²) < 4.78 is 0. The Morgan fingerprint density at radius 2 is 1.88 bits per heavy atom.